The summed E-state index contributed by atoms with van der Waals surface area (Å²) in [6.07, 6.45) is 0. The molecule has 1 amide bonds. The summed E-state index contributed by atoms with van der Waals surface area (Å²) in [4.78, 5) is 12.3. The molecule has 1 atom stereocenters. The number of carbonyl (C=O) groups excluding carboxylic acids is 1. The number of anilines is 1. The largest absolute Gasteiger partial charge is 0.508 e. The Morgan fingerprint density at radius 1 is 1.20 bits per heavy atom. The lowest BCUT2D eigenvalue weighted by Gasteiger charge is -2.11. The zero-order valence-electron chi connectivity index (χ0n) is 13.1. The number of thioether (sulfide) groups is 1. The highest BCUT2D eigenvalue weighted by Gasteiger charge is 2.19. The maximum absolute atomic E-state index is 12.3. The van der Waals surface area contributed by atoms with Crippen LogP contribution in [0.15, 0.2) is 53.7 Å². The molecule has 1 aromatic heterocycles. The van der Waals surface area contributed by atoms with E-state index in [4.69, 9.17) is 11.6 Å². The van der Waals surface area contributed by atoms with E-state index >= 15 is 0 Å². The first kappa shape index (κ1) is 17.2. The van der Waals surface area contributed by atoms with E-state index in [0.29, 0.717) is 21.6 Å². The first-order chi connectivity index (χ1) is 12.0. The number of phenols is 1. The van der Waals surface area contributed by atoms with Crippen LogP contribution < -0.4 is 5.32 Å². The van der Waals surface area contributed by atoms with Crippen LogP contribution in [0.2, 0.25) is 5.02 Å². The van der Waals surface area contributed by atoms with Crippen molar-refractivity contribution < 1.29 is 9.90 Å². The number of aromatic nitrogens is 4. The molecule has 0 aliphatic carbocycles. The number of aromatic hydroxyl groups is 1. The maximum atomic E-state index is 12.3. The van der Waals surface area contributed by atoms with Gasteiger partial charge in [-0.1, -0.05) is 23.4 Å². The van der Waals surface area contributed by atoms with Crippen molar-refractivity contribution in [2.45, 2.75) is 17.3 Å². The zero-order chi connectivity index (χ0) is 17.8. The SMILES string of the molecule is CC(Sc1nnnn1-c1ccc(O)cc1)C(=O)Nc1ccc(Cl)cc1. The molecule has 9 heteroatoms. The molecule has 0 spiro atoms. The fourth-order valence-electron chi connectivity index (χ4n) is 2.00. The van der Waals surface area contributed by atoms with Crippen LogP contribution in [0.5, 0.6) is 5.75 Å². The van der Waals surface area contributed by atoms with Gasteiger partial charge < -0.3 is 10.4 Å². The Morgan fingerprint density at radius 2 is 1.88 bits per heavy atom. The molecule has 0 aliphatic rings. The number of amides is 1. The molecule has 0 fully saturated rings. The molecule has 1 unspecified atom stereocenters. The Labute approximate surface area is 153 Å². The molecule has 2 aromatic carbocycles. The van der Waals surface area contributed by atoms with E-state index in [1.54, 1.807) is 55.5 Å². The van der Waals surface area contributed by atoms with Gasteiger partial charge in [-0.05, 0) is 65.9 Å². The number of halogens is 1. The number of nitrogens with one attached hydrogen (secondary N) is 1. The molecule has 0 saturated heterocycles. The summed E-state index contributed by atoms with van der Waals surface area (Å²) in [5.74, 6) is -0.0192. The normalized spacial score (nSPS) is 11.9. The predicted molar refractivity (Wildman–Crippen MR) is 96.2 cm³/mol. The van der Waals surface area contributed by atoms with Crippen molar-refractivity contribution in [3.05, 3.63) is 53.6 Å². The number of phenolic OH excluding ortho intramolecular Hbond substituents is 1. The molecule has 128 valence electrons. The van der Waals surface area contributed by atoms with E-state index in [0.717, 1.165) is 0 Å². The van der Waals surface area contributed by atoms with Gasteiger partial charge in [-0.25, -0.2) is 0 Å². The number of nitrogens with zero attached hydrogens (tertiary/aromatic N) is 4. The van der Waals surface area contributed by atoms with Crippen LogP contribution in [0, 0.1) is 0 Å². The highest BCUT2D eigenvalue weighted by atomic mass is 35.5. The number of hydrogen-bond acceptors (Lipinski definition) is 6. The van der Waals surface area contributed by atoms with E-state index < -0.39 is 5.25 Å². The van der Waals surface area contributed by atoms with Crippen LogP contribution in [0.3, 0.4) is 0 Å². The summed E-state index contributed by atoms with van der Waals surface area (Å²) in [6.45, 7) is 1.77. The van der Waals surface area contributed by atoms with Crippen molar-refractivity contribution in [2.24, 2.45) is 0 Å². The van der Waals surface area contributed by atoms with Gasteiger partial charge in [-0.3, -0.25) is 4.79 Å². The Kier molecular flexibility index (Phi) is 5.20. The third-order valence-electron chi connectivity index (χ3n) is 3.30. The first-order valence-corrected chi connectivity index (χ1v) is 8.59. The van der Waals surface area contributed by atoms with Gasteiger partial charge in [0.2, 0.25) is 11.1 Å². The fraction of sp³-hybridized carbons (Fsp3) is 0.125. The van der Waals surface area contributed by atoms with Crippen molar-refractivity contribution in [2.75, 3.05) is 5.32 Å². The Hall–Kier alpha value is -2.58. The summed E-state index contributed by atoms with van der Waals surface area (Å²) < 4.78 is 1.51. The molecule has 3 rings (SSSR count). The van der Waals surface area contributed by atoms with Crippen LogP contribution in [-0.2, 0) is 4.79 Å². The molecular weight excluding hydrogens is 362 g/mol. The fourth-order valence-corrected chi connectivity index (χ4v) is 2.93. The van der Waals surface area contributed by atoms with Crippen LogP contribution in [0.4, 0.5) is 5.69 Å². The molecule has 3 aromatic rings. The highest BCUT2D eigenvalue weighted by molar-refractivity contribution is 8.00. The minimum atomic E-state index is -0.419. The van der Waals surface area contributed by atoms with E-state index in [1.165, 1.54) is 16.4 Å². The third-order valence-corrected chi connectivity index (χ3v) is 4.58. The van der Waals surface area contributed by atoms with E-state index in [9.17, 15) is 9.90 Å². The molecule has 25 heavy (non-hydrogen) atoms. The maximum Gasteiger partial charge on any atom is 0.237 e. The van der Waals surface area contributed by atoms with Gasteiger partial charge in [-0.15, -0.1) is 5.10 Å². The van der Waals surface area contributed by atoms with E-state index in [1.807, 2.05) is 0 Å². The number of tetrazole rings is 1. The summed E-state index contributed by atoms with van der Waals surface area (Å²) in [5.41, 5.74) is 1.36. The molecule has 0 aliphatic heterocycles. The van der Waals surface area contributed by atoms with E-state index in [2.05, 4.69) is 20.8 Å². The number of carbonyl (C=O) groups is 1. The van der Waals surface area contributed by atoms with E-state index in [-0.39, 0.29) is 11.7 Å². The van der Waals surface area contributed by atoms with Gasteiger partial charge in [-0.2, -0.15) is 4.68 Å². The summed E-state index contributed by atoms with van der Waals surface area (Å²) in [6, 6.07) is 13.4. The lowest BCUT2D eigenvalue weighted by atomic mass is 10.3. The Bertz CT molecular complexity index is 867. The lowest BCUT2D eigenvalue weighted by Crippen LogP contribution is -2.22. The summed E-state index contributed by atoms with van der Waals surface area (Å²) in [5, 5.41) is 24.4. The quantitative estimate of drug-likeness (QED) is 0.665. The second kappa shape index (κ2) is 7.54. The highest BCUT2D eigenvalue weighted by Crippen LogP contribution is 2.24. The van der Waals surface area contributed by atoms with Crippen LogP contribution in [0.25, 0.3) is 5.69 Å². The summed E-state index contributed by atoms with van der Waals surface area (Å²) >= 11 is 7.07. The molecule has 1 heterocycles. The minimum Gasteiger partial charge on any atom is -0.508 e. The van der Waals surface area contributed by atoms with Gasteiger partial charge in [0.15, 0.2) is 0 Å². The van der Waals surface area contributed by atoms with Crippen molar-refractivity contribution in [3.63, 3.8) is 0 Å². The van der Waals surface area contributed by atoms with Gasteiger partial charge in [0, 0.05) is 10.7 Å². The first-order valence-electron chi connectivity index (χ1n) is 7.34. The van der Waals surface area contributed by atoms with Crippen molar-refractivity contribution >= 4 is 35.0 Å². The Morgan fingerprint density at radius 3 is 2.56 bits per heavy atom. The summed E-state index contributed by atoms with van der Waals surface area (Å²) in [7, 11) is 0. The molecule has 0 saturated carbocycles. The molecular formula is C16H14ClN5O2S. The van der Waals surface area contributed by atoms with Crippen molar-refractivity contribution in [1.82, 2.24) is 20.2 Å². The zero-order valence-corrected chi connectivity index (χ0v) is 14.7. The van der Waals surface area contributed by atoms with Gasteiger partial charge in [0.05, 0.1) is 10.9 Å². The number of benzene rings is 2. The standard InChI is InChI=1S/C16H14ClN5O2S/c1-10(15(24)18-12-4-2-11(17)3-5-12)25-16-19-20-21-22(16)13-6-8-14(23)9-7-13/h2-10,23H,1H3,(H,18,24). The third kappa shape index (κ3) is 4.28. The monoisotopic (exact) mass is 375 g/mol. The number of rotatable bonds is 5. The molecule has 0 radical (unpaired) electrons. The number of hydrogen-bond donors (Lipinski definition) is 2. The van der Waals surface area contributed by atoms with Crippen molar-refractivity contribution in [3.8, 4) is 11.4 Å². The smallest absolute Gasteiger partial charge is 0.237 e. The lowest BCUT2D eigenvalue weighted by molar-refractivity contribution is -0.115. The molecule has 0 bridgehead atoms. The van der Waals surface area contributed by atoms with Crippen LogP contribution >= 0.6 is 23.4 Å². The van der Waals surface area contributed by atoms with Gasteiger partial charge >= 0.3 is 0 Å². The van der Waals surface area contributed by atoms with Gasteiger partial charge in [0.25, 0.3) is 0 Å². The second-order valence-electron chi connectivity index (χ2n) is 5.15. The van der Waals surface area contributed by atoms with Gasteiger partial charge in [0.1, 0.15) is 5.75 Å². The average Bonchev–Trinajstić information content (AvgIpc) is 3.05. The Balaban J connectivity index is 1.70. The minimum absolute atomic E-state index is 0.154. The topological polar surface area (TPSA) is 92.9 Å². The van der Waals surface area contributed by atoms with Crippen LogP contribution in [-0.4, -0.2) is 36.5 Å². The van der Waals surface area contributed by atoms with Crippen molar-refractivity contribution in [1.29, 1.82) is 0 Å². The average molecular weight is 376 g/mol. The molecule has 2 N–H and O–H groups in total. The molecule has 7 nitrogen and oxygen atoms in total. The predicted octanol–water partition coefficient (Wildman–Crippen LogP) is 3.14. The van der Waals surface area contributed by atoms with Crippen LogP contribution in [0.1, 0.15) is 6.92 Å². The second-order valence-corrected chi connectivity index (χ2v) is 6.89.